The van der Waals surface area contributed by atoms with Crippen LogP contribution in [-0.4, -0.2) is 0 Å². The second-order valence-electron chi connectivity index (χ2n) is 3.81. The average molecular weight is 226 g/mol. The molecule has 0 aliphatic carbocycles. The van der Waals surface area contributed by atoms with E-state index in [1.165, 1.54) is 11.1 Å². The minimum absolute atomic E-state index is 0.192. The van der Waals surface area contributed by atoms with Crippen LogP contribution in [0.3, 0.4) is 0 Å². The van der Waals surface area contributed by atoms with Crippen molar-refractivity contribution in [2.24, 2.45) is 0 Å². The molecule has 2 aromatic rings. The summed E-state index contributed by atoms with van der Waals surface area (Å²) in [7, 11) is 2.90. The van der Waals surface area contributed by atoms with Crippen LogP contribution in [0.25, 0.3) is 0 Å². The zero-order chi connectivity index (χ0) is 11.4. The molecule has 1 heteroatoms. The fourth-order valence-corrected chi connectivity index (χ4v) is 2.22. The number of hydrogen-bond donors (Lipinski definition) is 0. The Morgan fingerprint density at radius 1 is 0.812 bits per heavy atom. The van der Waals surface area contributed by atoms with Crippen molar-refractivity contribution in [3.8, 4) is 0 Å². The maximum atomic E-state index is 3.96. The Bertz CT molecular complexity index is 420. The summed E-state index contributed by atoms with van der Waals surface area (Å²) in [5, 5.41) is -0.192. The van der Waals surface area contributed by atoms with Gasteiger partial charge in [-0.2, -0.15) is 0 Å². The van der Waals surface area contributed by atoms with E-state index in [2.05, 4.69) is 64.3 Å². The summed E-state index contributed by atoms with van der Waals surface area (Å²) in [5.74, 6) is 0. The molecule has 0 aliphatic rings. The van der Waals surface area contributed by atoms with E-state index in [9.17, 15) is 0 Å². The molecule has 0 saturated heterocycles. The van der Waals surface area contributed by atoms with Gasteiger partial charge < -0.3 is 0 Å². The molecule has 80 valence electrons. The van der Waals surface area contributed by atoms with Gasteiger partial charge in [0.15, 0.2) is 0 Å². The summed E-state index contributed by atoms with van der Waals surface area (Å²) in [5.41, 5.74) is 2.47. The Labute approximate surface area is 99.2 Å². The van der Waals surface area contributed by atoms with Crippen molar-refractivity contribution in [3.05, 3.63) is 84.4 Å². The number of benzene rings is 2. The molecular weight excluding hydrogens is 211 g/mol. The van der Waals surface area contributed by atoms with Gasteiger partial charge in [-0.15, -0.1) is 15.8 Å². The fourth-order valence-electron chi connectivity index (χ4n) is 1.83. The highest BCUT2D eigenvalue weighted by Crippen LogP contribution is 2.39. The summed E-state index contributed by atoms with van der Waals surface area (Å²) >= 11 is 0. The Morgan fingerprint density at radius 2 is 1.19 bits per heavy atom. The highest BCUT2D eigenvalue weighted by molar-refractivity contribution is 7.19. The zero-order valence-corrected chi connectivity index (χ0v) is 10.3. The molecule has 0 aromatic heterocycles. The van der Waals surface area contributed by atoms with Crippen LogP contribution < -0.4 is 0 Å². The van der Waals surface area contributed by atoms with Crippen LogP contribution in [0.1, 0.15) is 11.1 Å². The first-order chi connectivity index (χ1) is 7.77. The van der Waals surface area contributed by atoms with Crippen molar-refractivity contribution in [2.45, 2.75) is 5.16 Å². The maximum Gasteiger partial charge on any atom is 0.0519 e. The van der Waals surface area contributed by atoms with Crippen molar-refractivity contribution in [1.82, 2.24) is 0 Å². The van der Waals surface area contributed by atoms with Crippen LogP contribution >= 0.6 is 9.24 Å². The third-order valence-corrected chi connectivity index (χ3v) is 3.73. The molecule has 1 atom stereocenters. The van der Waals surface area contributed by atoms with Crippen molar-refractivity contribution in [1.29, 1.82) is 0 Å². The summed E-state index contributed by atoms with van der Waals surface area (Å²) in [4.78, 5) is 0. The number of hydrogen-bond acceptors (Lipinski definition) is 0. The fraction of sp³-hybridized carbons (Fsp3) is 0.0667. The maximum absolute atomic E-state index is 3.96. The molecule has 0 saturated carbocycles. The molecule has 2 aromatic carbocycles. The molecule has 0 aliphatic heterocycles. The lowest BCUT2D eigenvalue weighted by Gasteiger charge is -2.26. The summed E-state index contributed by atoms with van der Waals surface area (Å²) < 4.78 is 0. The first kappa shape index (κ1) is 11.1. The Kier molecular flexibility index (Phi) is 3.22. The third kappa shape index (κ3) is 1.94. The van der Waals surface area contributed by atoms with Gasteiger partial charge in [0.25, 0.3) is 0 Å². The highest BCUT2D eigenvalue weighted by Gasteiger charge is 2.24. The lowest BCUT2D eigenvalue weighted by atomic mass is 9.90. The van der Waals surface area contributed by atoms with Crippen LogP contribution in [0.4, 0.5) is 0 Å². The van der Waals surface area contributed by atoms with E-state index in [-0.39, 0.29) is 5.16 Å². The van der Waals surface area contributed by atoms with Crippen LogP contribution in [0.2, 0.25) is 0 Å². The van der Waals surface area contributed by atoms with E-state index >= 15 is 0 Å². The van der Waals surface area contributed by atoms with Crippen molar-refractivity contribution in [3.63, 3.8) is 0 Å². The Hall–Kier alpha value is -1.39. The van der Waals surface area contributed by atoms with Gasteiger partial charge in [-0.1, -0.05) is 66.7 Å². The molecule has 0 bridgehead atoms. The van der Waals surface area contributed by atoms with Crippen LogP contribution in [-0.2, 0) is 5.16 Å². The molecule has 2 rings (SSSR count). The van der Waals surface area contributed by atoms with Gasteiger partial charge in [0.05, 0.1) is 5.16 Å². The third-order valence-electron chi connectivity index (χ3n) is 2.82. The largest absolute Gasteiger partial charge is 0.117 e. The van der Waals surface area contributed by atoms with Gasteiger partial charge in [0, 0.05) is 0 Å². The van der Waals surface area contributed by atoms with E-state index in [0.29, 0.717) is 0 Å². The van der Waals surface area contributed by atoms with E-state index < -0.39 is 0 Å². The molecule has 0 N–H and O–H groups in total. The monoisotopic (exact) mass is 226 g/mol. The molecule has 0 heterocycles. The van der Waals surface area contributed by atoms with Gasteiger partial charge in [-0.05, 0) is 11.1 Å². The van der Waals surface area contributed by atoms with Crippen LogP contribution in [0.5, 0.6) is 0 Å². The summed E-state index contributed by atoms with van der Waals surface area (Å²) in [6, 6.07) is 20.8. The molecule has 1 unspecified atom stereocenters. The van der Waals surface area contributed by atoms with Gasteiger partial charge >= 0.3 is 0 Å². The van der Waals surface area contributed by atoms with E-state index in [0.717, 1.165) is 0 Å². The number of rotatable bonds is 3. The van der Waals surface area contributed by atoms with Crippen molar-refractivity contribution >= 4 is 9.24 Å². The number of allylic oxidation sites excluding steroid dienone is 1. The molecule has 0 spiro atoms. The lowest BCUT2D eigenvalue weighted by Crippen LogP contribution is -2.15. The first-order valence-corrected chi connectivity index (χ1v) is 5.88. The summed E-state index contributed by atoms with van der Waals surface area (Å²) in [6.07, 6.45) is 1.97. The Morgan fingerprint density at radius 3 is 1.50 bits per heavy atom. The van der Waals surface area contributed by atoms with E-state index in [1.807, 2.05) is 18.2 Å². The normalized spacial score (nSPS) is 11.1. The second-order valence-corrected chi connectivity index (χ2v) is 4.72. The van der Waals surface area contributed by atoms with Gasteiger partial charge in [-0.3, -0.25) is 0 Å². The standard InChI is InChI=1S/C15H15P/c1-2-15(16,13-9-5-3-6-10-13)14-11-7-4-8-12-14/h2-12H,1,16H2. The quantitative estimate of drug-likeness (QED) is 0.548. The van der Waals surface area contributed by atoms with Crippen molar-refractivity contribution in [2.75, 3.05) is 0 Å². The lowest BCUT2D eigenvalue weighted by molar-refractivity contribution is 0.944. The second kappa shape index (κ2) is 4.63. The Balaban J connectivity index is 2.53. The van der Waals surface area contributed by atoms with E-state index in [4.69, 9.17) is 0 Å². The molecule has 0 radical (unpaired) electrons. The molecule has 0 amide bonds. The molecule has 16 heavy (non-hydrogen) atoms. The molecule has 0 nitrogen and oxygen atoms in total. The van der Waals surface area contributed by atoms with Crippen molar-refractivity contribution < 1.29 is 0 Å². The average Bonchev–Trinajstić information content (AvgIpc) is 2.40. The predicted octanol–water partition coefficient (Wildman–Crippen LogP) is 3.99. The van der Waals surface area contributed by atoms with Gasteiger partial charge in [0.1, 0.15) is 0 Å². The minimum Gasteiger partial charge on any atom is -0.117 e. The molecular formula is C15H15P. The molecule has 0 fully saturated rings. The SMILES string of the molecule is C=CC(P)(c1ccccc1)c1ccccc1. The van der Waals surface area contributed by atoms with Gasteiger partial charge in [-0.25, -0.2) is 0 Å². The summed E-state index contributed by atoms with van der Waals surface area (Å²) in [6.45, 7) is 3.96. The minimum atomic E-state index is -0.192. The first-order valence-electron chi connectivity index (χ1n) is 5.31. The predicted molar refractivity (Wildman–Crippen MR) is 73.6 cm³/mol. The smallest absolute Gasteiger partial charge is 0.0519 e. The van der Waals surface area contributed by atoms with Crippen LogP contribution in [0, 0.1) is 0 Å². The highest BCUT2D eigenvalue weighted by atomic mass is 31.0. The van der Waals surface area contributed by atoms with Gasteiger partial charge in [0.2, 0.25) is 0 Å². The van der Waals surface area contributed by atoms with Crippen LogP contribution in [0.15, 0.2) is 73.3 Å². The topological polar surface area (TPSA) is 0 Å². The van der Waals surface area contributed by atoms with E-state index in [1.54, 1.807) is 0 Å². The zero-order valence-electron chi connectivity index (χ0n) is 9.14.